The Morgan fingerprint density at radius 3 is 0.685 bits per heavy atom. The summed E-state index contributed by atoms with van der Waals surface area (Å²) in [6, 6.07) is 37.0. The van der Waals surface area contributed by atoms with E-state index in [0.717, 1.165) is 76.0 Å². The molecule has 35 heteroatoms. The van der Waals surface area contributed by atoms with Gasteiger partial charge in [0.2, 0.25) is 0 Å². The molecule has 0 aromatic heterocycles. The summed E-state index contributed by atoms with van der Waals surface area (Å²) >= 11 is 0. The fourth-order valence-corrected chi connectivity index (χ4v) is 14.1. The topological polar surface area (TPSA) is 414 Å². The number of rotatable bonds is 30. The Bertz CT molecular complexity index is 4330. The molecule has 4 aliphatic rings. The van der Waals surface area contributed by atoms with Gasteiger partial charge in [-0.2, -0.15) is 25.3 Å². The average Bonchev–Trinajstić information content (AvgIpc) is 0.829. The molecule has 0 saturated carbocycles. The van der Waals surface area contributed by atoms with Crippen molar-refractivity contribution < 1.29 is 129 Å². The van der Waals surface area contributed by atoms with Gasteiger partial charge in [-0.15, -0.1) is 0 Å². The van der Waals surface area contributed by atoms with E-state index < -0.39 is 72.1 Å². The molecule has 0 spiro atoms. The molecule has 0 amide bonds. The summed E-state index contributed by atoms with van der Waals surface area (Å²) in [7, 11) is -11.7. The lowest BCUT2D eigenvalue weighted by molar-refractivity contribution is -0.155. The first-order valence-corrected chi connectivity index (χ1v) is 48.4. The number of morpholine rings is 3. The largest absolute Gasteiger partial charge is 0.453 e. The molecule has 0 unspecified atom stereocenters. The number of carbonyl (C=O) groups is 8. The monoisotopic (exact) mass is 1880 g/mol. The molecule has 6 aromatic carbocycles. The molecule has 4 aliphatic heterocycles. The second-order valence-corrected chi connectivity index (χ2v) is 38.0. The predicted octanol–water partition coefficient (Wildman–Crippen LogP) is 13.7. The number of carbonyl (C=O) groups excluding carboxylic acids is 8. The van der Waals surface area contributed by atoms with Crippen LogP contribution in [0.5, 0.6) is 23.0 Å². The minimum Gasteiger partial charge on any atom is -0.453 e. The molecular formula is C95H136N4O28S3. The highest BCUT2D eigenvalue weighted by Gasteiger charge is 2.27. The number of hydrogen-bond donors (Lipinski definition) is 3. The summed E-state index contributed by atoms with van der Waals surface area (Å²) in [5, 5.41) is 0. The van der Waals surface area contributed by atoms with Crippen LogP contribution in [0.15, 0.2) is 137 Å². The van der Waals surface area contributed by atoms with Crippen molar-refractivity contribution in [3.63, 3.8) is 0 Å². The van der Waals surface area contributed by atoms with E-state index in [-0.39, 0.29) is 116 Å². The Morgan fingerprint density at radius 1 is 0.292 bits per heavy atom. The van der Waals surface area contributed by atoms with Crippen LogP contribution in [-0.4, -0.2) is 257 Å². The summed E-state index contributed by atoms with van der Waals surface area (Å²) < 4.78 is 143. The first-order valence-electron chi connectivity index (χ1n) is 43.7. The van der Waals surface area contributed by atoms with Crippen LogP contribution in [0.1, 0.15) is 227 Å². The third kappa shape index (κ3) is 44.2. The molecule has 4 saturated heterocycles. The summed E-state index contributed by atoms with van der Waals surface area (Å²) in [6.45, 7) is 43.6. The number of hydrogen-bond acceptors (Lipinski definition) is 29. The maximum atomic E-state index is 12.2. The molecule has 3 N–H and O–H groups in total. The standard InChI is InChI=1S/C21H31NO4.3C20H29NO5.C7H8O3S.C6H6O3S.CH4O3S/c1-15(2)17-9-8-10-18(16(3)4)21(17)26-20(24)14-25-19(23)13-22-11-6-5-7-12-22;3*1-14(2)16-6-5-7-17(15(3)4)20(16)26-19(23)13-25-18(22)12-21-8-10-24-11-9-21;1-6-2-4-7(5-3-6)11(8,9)10;7-10(8,9)6-4-2-1-3-5-6;1-5(2,3)4/h8-10,15-16H,5-7,11-14H2,1-4H3;3*5-7,14-15H,8-13H2,1-4H3;2-5H,1H3,(H,8,9,10);1-5H,(H,7,8,9);1H3,(H,2,3,4). The van der Waals surface area contributed by atoms with Gasteiger partial charge in [0.15, 0.2) is 26.4 Å². The molecule has 10 rings (SSSR count). The van der Waals surface area contributed by atoms with Crippen molar-refractivity contribution in [1.29, 1.82) is 0 Å². The van der Waals surface area contributed by atoms with Crippen LogP contribution in [-0.2, 0) is 102 Å². The van der Waals surface area contributed by atoms with Crippen LogP contribution >= 0.6 is 0 Å². The van der Waals surface area contributed by atoms with Crippen molar-refractivity contribution in [2.75, 3.05) is 151 Å². The van der Waals surface area contributed by atoms with Crippen LogP contribution in [0.25, 0.3) is 0 Å². The minimum absolute atomic E-state index is 0.0666. The van der Waals surface area contributed by atoms with Gasteiger partial charge in [-0.05, 0) is 149 Å². The van der Waals surface area contributed by atoms with Gasteiger partial charge in [-0.25, -0.2) is 19.2 Å². The van der Waals surface area contributed by atoms with E-state index in [4.69, 9.17) is 65.8 Å². The number of benzene rings is 6. The predicted molar refractivity (Wildman–Crippen MR) is 492 cm³/mol. The highest BCUT2D eigenvalue weighted by molar-refractivity contribution is 7.86. The Morgan fingerprint density at radius 2 is 0.492 bits per heavy atom. The first kappa shape index (κ1) is 113. The van der Waals surface area contributed by atoms with Crippen molar-refractivity contribution in [2.45, 2.75) is 194 Å². The molecule has 4 fully saturated rings. The zero-order valence-electron chi connectivity index (χ0n) is 78.5. The summed E-state index contributed by atoms with van der Waals surface area (Å²) in [5.41, 5.74) is 8.79. The van der Waals surface area contributed by atoms with E-state index in [1.54, 1.807) is 30.3 Å². The molecule has 0 bridgehead atoms. The first-order chi connectivity index (χ1) is 61.1. The number of ether oxygens (including phenoxy) is 11. The van der Waals surface area contributed by atoms with Crippen molar-refractivity contribution in [2.24, 2.45) is 0 Å². The van der Waals surface area contributed by atoms with Gasteiger partial charge in [0, 0.05) is 39.3 Å². The van der Waals surface area contributed by atoms with E-state index in [0.29, 0.717) is 108 Å². The highest BCUT2D eigenvalue weighted by atomic mass is 32.2. The van der Waals surface area contributed by atoms with Crippen LogP contribution in [0.4, 0.5) is 0 Å². The lowest BCUT2D eigenvalue weighted by Crippen LogP contribution is -2.40. The number of likely N-dealkylation sites (tertiary alicyclic amines) is 1. The summed E-state index contributed by atoms with van der Waals surface area (Å²) in [5.74, 6) is 0.316. The highest BCUT2D eigenvalue weighted by Crippen LogP contribution is 2.39. The molecule has 130 heavy (non-hydrogen) atoms. The van der Waals surface area contributed by atoms with Crippen molar-refractivity contribution >= 4 is 78.1 Å². The molecule has 32 nitrogen and oxygen atoms in total. The summed E-state index contributed by atoms with van der Waals surface area (Å²) in [6.07, 6.45) is 4.15. The van der Waals surface area contributed by atoms with Gasteiger partial charge in [0.25, 0.3) is 30.4 Å². The molecule has 722 valence electrons. The van der Waals surface area contributed by atoms with E-state index in [9.17, 15) is 63.6 Å². The Balaban J connectivity index is 0.000000331. The van der Waals surface area contributed by atoms with Gasteiger partial charge >= 0.3 is 47.8 Å². The van der Waals surface area contributed by atoms with E-state index in [2.05, 4.69) is 116 Å². The third-order valence-electron chi connectivity index (χ3n) is 20.1. The SMILES string of the molecule is CC(C)c1cccc(C(C)C)c1OC(=O)COC(=O)CN1CCCCC1.CC(C)c1cccc(C(C)C)c1OC(=O)COC(=O)CN1CCOCC1.CC(C)c1cccc(C(C)C)c1OC(=O)COC(=O)CN1CCOCC1.CC(C)c1cccc(C(C)C)c1OC(=O)COC(=O)CN1CCOCC1.CS(=O)(=O)O.Cc1ccc(S(=O)(=O)O)cc1.O=S(=O)(O)c1ccccc1. The molecule has 4 heterocycles. The second kappa shape index (κ2) is 57.7. The average molecular weight is 1880 g/mol. The third-order valence-corrected chi connectivity index (χ3v) is 21.8. The molecule has 0 radical (unpaired) electrons. The Labute approximate surface area is 768 Å². The molecular weight excluding hydrogens is 1740 g/mol. The Hall–Kier alpha value is -9.47. The fourth-order valence-electron chi connectivity index (χ4n) is 13.1. The number of aryl methyl sites for hydroxylation is 1. The lowest BCUT2D eigenvalue weighted by Gasteiger charge is -2.25. The van der Waals surface area contributed by atoms with Crippen LogP contribution in [0.2, 0.25) is 0 Å². The Kier molecular flexibility index (Phi) is 50.1. The number of piperidine rings is 1. The smallest absolute Gasteiger partial charge is 0.349 e. The normalized spacial score (nSPS) is 14.5. The zero-order chi connectivity index (χ0) is 97.0. The number of esters is 8. The van der Waals surface area contributed by atoms with Gasteiger partial charge in [0.05, 0.1) is 81.9 Å². The van der Waals surface area contributed by atoms with E-state index >= 15 is 0 Å². The van der Waals surface area contributed by atoms with Gasteiger partial charge < -0.3 is 52.1 Å². The fraction of sp³-hybridized carbons (Fsp3) is 0.537. The van der Waals surface area contributed by atoms with E-state index in [1.807, 2.05) is 94.4 Å². The lowest BCUT2D eigenvalue weighted by atomic mass is 9.94. The maximum absolute atomic E-state index is 12.2. The van der Waals surface area contributed by atoms with Gasteiger partial charge in [0.1, 0.15) is 23.0 Å². The van der Waals surface area contributed by atoms with Crippen LogP contribution in [0.3, 0.4) is 0 Å². The van der Waals surface area contributed by atoms with Crippen molar-refractivity contribution in [3.8, 4) is 23.0 Å². The van der Waals surface area contributed by atoms with Gasteiger partial charge in [-0.1, -0.05) is 226 Å². The zero-order valence-corrected chi connectivity index (χ0v) is 80.9. The van der Waals surface area contributed by atoms with Crippen molar-refractivity contribution in [3.05, 3.63) is 177 Å². The maximum Gasteiger partial charge on any atom is 0.349 e. The van der Waals surface area contributed by atoms with Crippen molar-refractivity contribution in [1.82, 2.24) is 19.6 Å². The second-order valence-electron chi connectivity index (χ2n) is 33.7. The van der Waals surface area contributed by atoms with E-state index in [1.165, 1.54) is 30.7 Å². The van der Waals surface area contributed by atoms with Crippen LogP contribution in [0, 0.1) is 6.92 Å². The molecule has 0 atom stereocenters. The number of nitrogens with zero attached hydrogens (tertiary/aromatic N) is 4. The molecule has 6 aromatic rings. The quantitative estimate of drug-likeness (QED) is 0.0163. The van der Waals surface area contributed by atoms with Crippen LogP contribution < -0.4 is 18.9 Å². The van der Waals surface area contributed by atoms with Gasteiger partial charge in [-0.3, -0.25) is 52.4 Å². The number of para-hydroxylation sites is 4. The summed E-state index contributed by atoms with van der Waals surface area (Å²) in [4.78, 5) is 104. The minimum atomic E-state index is -4.02. The molecule has 0 aliphatic carbocycles.